The lowest BCUT2D eigenvalue weighted by Crippen LogP contribution is -2.31. The maximum Gasteiger partial charge on any atom is 0.159 e. The molecule has 2 N–H and O–H groups in total. The summed E-state index contributed by atoms with van der Waals surface area (Å²) in [5, 5.41) is 0.698. The van der Waals surface area contributed by atoms with Crippen LogP contribution in [0.1, 0.15) is 32.1 Å². The summed E-state index contributed by atoms with van der Waals surface area (Å²) < 4.78 is 0.230. The topological polar surface area (TPSA) is 38.4 Å². The Labute approximate surface area is 89.4 Å². The predicted octanol–water partition coefficient (Wildman–Crippen LogP) is 2.82. The van der Waals surface area contributed by atoms with Crippen molar-refractivity contribution in [1.29, 1.82) is 0 Å². The Balaban J connectivity index is 2.24. The van der Waals surface area contributed by atoms with Crippen LogP contribution in [-0.2, 0) is 0 Å². The Hall–Kier alpha value is -0.700. The summed E-state index contributed by atoms with van der Waals surface area (Å²) in [6, 6.07) is 0. The Morgan fingerprint density at radius 2 is 2.14 bits per heavy atom. The molecule has 14 heavy (non-hydrogen) atoms. The number of hydrogen-bond donors (Lipinski definition) is 1. The second-order valence-corrected chi connectivity index (χ2v) is 5.39. The van der Waals surface area contributed by atoms with Gasteiger partial charge in [-0.3, -0.25) is 0 Å². The van der Waals surface area contributed by atoms with E-state index in [9.17, 15) is 0 Å². The third-order valence-corrected chi connectivity index (χ3v) is 4.10. The summed E-state index contributed by atoms with van der Waals surface area (Å²) in [5.41, 5.74) is 6.78. The zero-order chi connectivity index (χ0) is 10.0. The molecule has 3 heteroatoms. The van der Waals surface area contributed by atoms with Gasteiger partial charge in [-0.15, -0.1) is 0 Å². The van der Waals surface area contributed by atoms with Crippen molar-refractivity contribution < 1.29 is 0 Å². The van der Waals surface area contributed by atoms with Gasteiger partial charge in [0.1, 0.15) is 0 Å². The summed E-state index contributed by atoms with van der Waals surface area (Å²) in [5.74, 6) is 0. The van der Waals surface area contributed by atoms with Gasteiger partial charge in [0, 0.05) is 4.75 Å². The fourth-order valence-corrected chi connectivity index (χ4v) is 3.43. The highest BCUT2D eigenvalue weighted by molar-refractivity contribution is 8.15. The number of rotatable bonds is 1. The SMILES string of the molecule is C=CC1=CC2(CCCCC2)SC(N)=N1. The number of aliphatic imine (C=N–C) groups is 1. The third-order valence-electron chi connectivity index (χ3n) is 2.87. The van der Waals surface area contributed by atoms with Crippen LogP contribution < -0.4 is 5.73 Å². The van der Waals surface area contributed by atoms with Crippen LogP contribution in [0.4, 0.5) is 0 Å². The fraction of sp³-hybridized carbons (Fsp3) is 0.545. The minimum Gasteiger partial charge on any atom is -0.378 e. The van der Waals surface area contributed by atoms with Crippen LogP contribution in [0.3, 0.4) is 0 Å². The molecular weight excluding hydrogens is 192 g/mol. The van der Waals surface area contributed by atoms with E-state index in [4.69, 9.17) is 5.73 Å². The molecule has 0 amide bonds. The van der Waals surface area contributed by atoms with Crippen LogP contribution in [0.5, 0.6) is 0 Å². The highest BCUT2D eigenvalue weighted by Crippen LogP contribution is 2.44. The predicted molar refractivity (Wildman–Crippen MR) is 63.3 cm³/mol. The second kappa shape index (κ2) is 3.81. The van der Waals surface area contributed by atoms with Crippen molar-refractivity contribution in [2.45, 2.75) is 36.9 Å². The lowest BCUT2D eigenvalue weighted by molar-refractivity contribution is 0.452. The summed E-state index contributed by atoms with van der Waals surface area (Å²) in [6.45, 7) is 3.76. The van der Waals surface area contributed by atoms with E-state index in [-0.39, 0.29) is 4.75 Å². The van der Waals surface area contributed by atoms with Crippen LogP contribution in [0, 0.1) is 0 Å². The molecule has 0 bridgehead atoms. The molecule has 0 atom stereocenters. The van der Waals surface area contributed by atoms with E-state index in [0.717, 1.165) is 5.70 Å². The van der Waals surface area contributed by atoms with Crippen molar-refractivity contribution in [3.05, 3.63) is 24.4 Å². The Morgan fingerprint density at radius 3 is 2.79 bits per heavy atom. The van der Waals surface area contributed by atoms with E-state index in [1.165, 1.54) is 32.1 Å². The standard InChI is InChI=1S/C11H16N2S/c1-2-9-8-11(14-10(12)13-9)6-4-3-5-7-11/h2,8H,1,3-7H2,(H2,12,13). The number of hydrogen-bond acceptors (Lipinski definition) is 3. The molecule has 2 rings (SSSR count). The molecule has 0 aromatic heterocycles. The van der Waals surface area contributed by atoms with Crippen molar-refractivity contribution in [2.75, 3.05) is 0 Å². The van der Waals surface area contributed by atoms with E-state index < -0.39 is 0 Å². The second-order valence-electron chi connectivity index (χ2n) is 3.95. The van der Waals surface area contributed by atoms with Crippen LogP contribution in [0.25, 0.3) is 0 Å². The van der Waals surface area contributed by atoms with Gasteiger partial charge in [0.25, 0.3) is 0 Å². The molecule has 0 unspecified atom stereocenters. The molecular formula is C11H16N2S. The first-order chi connectivity index (χ1) is 6.74. The van der Waals surface area contributed by atoms with Gasteiger partial charge in [-0.05, 0) is 25.0 Å². The minimum atomic E-state index is 0.230. The summed E-state index contributed by atoms with van der Waals surface area (Å²) >= 11 is 1.73. The number of allylic oxidation sites excluding steroid dienone is 1. The van der Waals surface area contributed by atoms with Gasteiger partial charge < -0.3 is 5.73 Å². The third kappa shape index (κ3) is 1.87. The van der Waals surface area contributed by atoms with Gasteiger partial charge in [0.15, 0.2) is 5.17 Å². The summed E-state index contributed by atoms with van der Waals surface area (Å²) in [7, 11) is 0. The Bertz CT molecular complexity index is 298. The van der Waals surface area contributed by atoms with Crippen molar-refractivity contribution >= 4 is 16.9 Å². The molecule has 0 radical (unpaired) electrons. The molecule has 0 aromatic rings. The smallest absolute Gasteiger partial charge is 0.159 e. The number of nitrogens with two attached hydrogens (primary N) is 1. The molecule has 76 valence electrons. The molecule has 1 spiro atoms. The van der Waals surface area contributed by atoms with E-state index in [2.05, 4.69) is 17.6 Å². The van der Waals surface area contributed by atoms with Crippen LogP contribution in [0.15, 0.2) is 29.4 Å². The lowest BCUT2D eigenvalue weighted by atomic mass is 9.87. The van der Waals surface area contributed by atoms with Crippen LogP contribution >= 0.6 is 11.8 Å². The summed E-state index contributed by atoms with van der Waals surface area (Å²) in [4.78, 5) is 4.25. The van der Waals surface area contributed by atoms with Crippen molar-refractivity contribution in [3.8, 4) is 0 Å². The first-order valence-electron chi connectivity index (χ1n) is 5.13. The first-order valence-corrected chi connectivity index (χ1v) is 5.94. The fourth-order valence-electron chi connectivity index (χ4n) is 2.19. The van der Waals surface area contributed by atoms with Crippen molar-refractivity contribution in [3.63, 3.8) is 0 Å². The lowest BCUT2D eigenvalue weighted by Gasteiger charge is -2.35. The number of nitrogens with zero attached hydrogens (tertiary/aromatic N) is 1. The largest absolute Gasteiger partial charge is 0.378 e. The molecule has 1 fully saturated rings. The zero-order valence-electron chi connectivity index (χ0n) is 8.33. The maximum atomic E-state index is 5.83. The van der Waals surface area contributed by atoms with Crippen molar-refractivity contribution in [1.82, 2.24) is 0 Å². The van der Waals surface area contributed by atoms with E-state index in [1.807, 2.05) is 0 Å². The number of thioether (sulfide) groups is 1. The van der Waals surface area contributed by atoms with E-state index >= 15 is 0 Å². The molecule has 2 aliphatic rings. The molecule has 1 heterocycles. The molecule has 1 aliphatic heterocycles. The monoisotopic (exact) mass is 208 g/mol. The van der Waals surface area contributed by atoms with Crippen LogP contribution in [0.2, 0.25) is 0 Å². The zero-order valence-corrected chi connectivity index (χ0v) is 9.15. The van der Waals surface area contributed by atoms with E-state index in [1.54, 1.807) is 17.8 Å². The van der Waals surface area contributed by atoms with Gasteiger partial charge in [-0.2, -0.15) is 0 Å². The van der Waals surface area contributed by atoms with Gasteiger partial charge in [0.05, 0.1) is 5.70 Å². The van der Waals surface area contributed by atoms with Crippen molar-refractivity contribution in [2.24, 2.45) is 10.7 Å². The van der Waals surface area contributed by atoms with E-state index in [0.29, 0.717) is 5.17 Å². The number of amidine groups is 1. The summed E-state index contributed by atoms with van der Waals surface area (Å²) in [6.07, 6.45) is 10.5. The van der Waals surface area contributed by atoms with Gasteiger partial charge >= 0.3 is 0 Å². The highest BCUT2D eigenvalue weighted by Gasteiger charge is 2.34. The van der Waals surface area contributed by atoms with Crippen LogP contribution in [-0.4, -0.2) is 9.91 Å². The van der Waals surface area contributed by atoms with Gasteiger partial charge in [-0.1, -0.05) is 37.6 Å². The average Bonchev–Trinajstić information content (AvgIpc) is 2.17. The van der Waals surface area contributed by atoms with Gasteiger partial charge in [0.2, 0.25) is 0 Å². The van der Waals surface area contributed by atoms with Gasteiger partial charge in [-0.25, -0.2) is 4.99 Å². The maximum absolute atomic E-state index is 5.83. The molecule has 1 aliphatic carbocycles. The minimum absolute atomic E-state index is 0.230. The normalized spacial score (nSPS) is 25.4. The quantitative estimate of drug-likeness (QED) is 0.719. The Morgan fingerprint density at radius 1 is 1.43 bits per heavy atom. The molecule has 0 saturated heterocycles. The average molecular weight is 208 g/mol. The molecule has 2 nitrogen and oxygen atoms in total. The molecule has 1 saturated carbocycles. The molecule has 0 aromatic carbocycles. The Kier molecular flexibility index (Phi) is 2.68. The highest BCUT2D eigenvalue weighted by atomic mass is 32.2. The first kappa shape index (κ1) is 9.84.